The molecule has 5 fully saturated rings. The van der Waals surface area contributed by atoms with Crippen LogP contribution in [0.5, 0.6) is 0 Å². The van der Waals surface area contributed by atoms with Crippen LogP contribution in [-0.2, 0) is 28.3 Å². The Morgan fingerprint density at radius 2 is 0.975 bits per heavy atom. The molecule has 2 N–H and O–H groups in total. The molecule has 0 spiro atoms. The molecule has 0 saturated carbocycles. The van der Waals surface area contributed by atoms with Gasteiger partial charge in [0.1, 0.15) is 22.7 Å². The molecule has 10 aromatic rings. The lowest BCUT2D eigenvalue weighted by atomic mass is 9.76. The molecule has 0 radical (unpaired) electrons. The van der Waals surface area contributed by atoms with Gasteiger partial charge in [-0.3, -0.25) is 0 Å². The van der Waals surface area contributed by atoms with Crippen molar-refractivity contribution < 1.29 is 45.9 Å². The van der Waals surface area contributed by atoms with Gasteiger partial charge in [0.2, 0.25) is 16.7 Å². The second-order valence-corrected chi connectivity index (χ2v) is 21.4. The van der Waals surface area contributed by atoms with Crippen molar-refractivity contribution in [2.75, 3.05) is 125 Å². The van der Waals surface area contributed by atoms with Crippen LogP contribution in [0.4, 0.5) is 31.8 Å². The predicted octanol–water partition coefficient (Wildman–Crippen LogP) is 8.44. The molecule has 0 unspecified atom stereocenters. The van der Waals surface area contributed by atoms with Gasteiger partial charge in [-0.2, -0.15) is 4.98 Å². The molecule has 80 heavy (non-hydrogen) atoms. The number of furan rings is 2. The van der Waals surface area contributed by atoms with Crippen molar-refractivity contribution in [2.24, 2.45) is 0 Å². The highest BCUT2D eigenvalue weighted by Gasteiger charge is 2.53. The first kappa shape index (κ1) is 52.1. The molecule has 24 heteroatoms. The molecule has 13 heterocycles. The fraction of sp³-hybridized carbons (Fsp3) is 0.393. The molecule has 0 atom stereocenters. The smallest absolute Gasteiger partial charge is 0.432 e. The van der Waals surface area contributed by atoms with Crippen LogP contribution in [0.2, 0.25) is 5.28 Å². The lowest BCUT2D eigenvalue weighted by Gasteiger charge is -2.32. The van der Waals surface area contributed by atoms with Crippen molar-refractivity contribution >= 4 is 113 Å². The molecule has 0 aliphatic carbocycles. The van der Waals surface area contributed by atoms with E-state index in [0.717, 1.165) is 96.4 Å². The average molecular weight is 1110 g/mol. The van der Waals surface area contributed by atoms with Crippen LogP contribution >= 0.6 is 11.6 Å². The van der Waals surface area contributed by atoms with E-state index in [1.54, 1.807) is 24.5 Å². The Kier molecular flexibility index (Phi) is 13.9. The zero-order valence-electron chi connectivity index (χ0n) is 44.7. The molecule has 5 saturated heterocycles. The van der Waals surface area contributed by atoms with Gasteiger partial charge in [0.15, 0.2) is 28.6 Å². The fourth-order valence-electron chi connectivity index (χ4n) is 10.7. The Morgan fingerprint density at radius 3 is 1.50 bits per heavy atom. The van der Waals surface area contributed by atoms with Crippen molar-refractivity contribution in [1.82, 2.24) is 39.9 Å². The summed E-state index contributed by atoms with van der Waals surface area (Å²) in [7, 11) is -0.676. The van der Waals surface area contributed by atoms with E-state index in [1.165, 1.54) is 12.1 Å². The largest absolute Gasteiger partial charge is 0.498 e. The zero-order chi connectivity index (χ0) is 54.7. The number of aromatic amines is 2. The third-order valence-corrected chi connectivity index (χ3v) is 15.9. The first-order valence-corrected chi connectivity index (χ1v) is 27.3. The number of benzene rings is 2. The number of hydrogen-bond acceptors (Lipinski definition) is 18. The molecule has 2 aromatic carbocycles. The second-order valence-electron chi connectivity index (χ2n) is 21.1. The number of ether oxygens (including phenoxy) is 4. The highest BCUT2D eigenvalue weighted by molar-refractivity contribution is 6.65. The van der Waals surface area contributed by atoms with Crippen LogP contribution in [0.25, 0.3) is 77.6 Å². The second kappa shape index (κ2) is 21.3. The minimum atomic E-state index is -0.676. The quantitative estimate of drug-likeness (QED) is 0.118. The van der Waals surface area contributed by atoms with Crippen molar-refractivity contribution in [1.29, 1.82) is 0 Å². The molecular weight excluding hydrogens is 1050 g/mol. The summed E-state index contributed by atoms with van der Waals surface area (Å²) in [5.41, 5.74) is 7.15. The standard InChI is InChI=1S/C25H23FN6O3.C17H18ClN5O3.C14H17BFNO2/c26-18-1-2-19-16(3-4-27-19)20(18)23-29-21-17-13-15(31-5-9-33-10-6-31)14-28-25(17)35-22(21)24(30-23)32-7-11-34-12-8-32;18-17-20-13-12-9-11(22-1-5-24-6-2-22)10-19-16(12)26-14(13)15(21-17)23-3-7-25-8-4-23;1-13(2)14(3,4)19-15(18-13)12-9-7-8-17-11(9)6-5-10(12)16/h1-4,13-14,27H,5-12H2;9-10H,1-8H2;5-8,17H,1-4H3. The van der Waals surface area contributed by atoms with Gasteiger partial charge in [-0.15, -0.1) is 0 Å². The van der Waals surface area contributed by atoms with Crippen LogP contribution in [0.1, 0.15) is 27.7 Å². The number of hydrogen-bond donors (Lipinski definition) is 2. The van der Waals surface area contributed by atoms with E-state index in [0.29, 0.717) is 115 Å². The topological polar surface area (TPSA) is 204 Å². The minimum Gasteiger partial charge on any atom is -0.432 e. The van der Waals surface area contributed by atoms with Crippen molar-refractivity contribution in [3.8, 4) is 11.4 Å². The molecule has 5 aliphatic heterocycles. The maximum absolute atomic E-state index is 15.2. The normalized spacial score (nSPS) is 18.7. The Labute approximate surface area is 462 Å². The Balaban J connectivity index is 0.000000119. The molecule has 0 bridgehead atoms. The number of pyridine rings is 2. The van der Waals surface area contributed by atoms with E-state index in [-0.39, 0.29) is 16.9 Å². The van der Waals surface area contributed by atoms with E-state index >= 15 is 4.39 Å². The third kappa shape index (κ3) is 9.77. The highest BCUT2D eigenvalue weighted by Crippen LogP contribution is 2.40. The number of H-pyrrole nitrogens is 2. The Morgan fingerprint density at radius 1 is 0.525 bits per heavy atom. The predicted molar refractivity (Wildman–Crippen MR) is 303 cm³/mol. The summed E-state index contributed by atoms with van der Waals surface area (Å²) in [6.07, 6.45) is 7.23. The van der Waals surface area contributed by atoms with Crippen LogP contribution in [-0.4, -0.2) is 163 Å². The number of aromatic nitrogens is 8. The molecule has 15 rings (SSSR count). The van der Waals surface area contributed by atoms with E-state index in [2.05, 4.69) is 55.6 Å². The van der Waals surface area contributed by atoms with E-state index in [9.17, 15) is 4.39 Å². The van der Waals surface area contributed by atoms with Gasteiger partial charge in [-0.05, 0) is 87.8 Å². The van der Waals surface area contributed by atoms with E-state index in [1.807, 2.05) is 58.3 Å². The summed E-state index contributed by atoms with van der Waals surface area (Å²) in [6.45, 7) is 19.2. The lowest BCUT2D eigenvalue weighted by Crippen LogP contribution is -2.41. The SMILES string of the molecule is CC1(C)OB(c2c(F)ccc3[nH]ccc23)OC1(C)C.Clc1nc(N2CCOCC2)c2oc3ncc(N4CCOCC4)cc3c2n1.Fc1ccc2[nH]ccc2c1-c1nc(N2CCOCC2)c2oc3ncc(N4CCOCC4)cc3c2n1. The number of fused-ring (bicyclic) bond motifs is 8. The first-order chi connectivity index (χ1) is 38.9. The van der Waals surface area contributed by atoms with Crippen molar-refractivity contribution in [3.05, 3.63) is 90.2 Å². The van der Waals surface area contributed by atoms with Gasteiger partial charge >= 0.3 is 7.12 Å². The lowest BCUT2D eigenvalue weighted by molar-refractivity contribution is 0.00578. The van der Waals surface area contributed by atoms with Gasteiger partial charge in [-0.25, -0.2) is 33.7 Å². The number of halogens is 3. The average Bonchev–Trinajstić information content (AvgIpc) is 4.35. The molecule has 0 amide bonds. The molecule has 414 valence electrons. The summed E-state index contributed by atoms with van der Waals surface area (Å²) >= 11 is 6.22. The third-order valence-electron chi connectivity index (χ3n) is 15.7. The maximum Gasteiger partial charge on any atom is 0.498 e. The van der Waals surface area contributed by atoms with Gasteiger partial charge in [-0.1, -0.05) is 0 Å². The van der Waals surface area contributed by atoms with Gasteiger partial charge in [0, 0.05) is 92.0 Å². The monoisotopic (exact) mass is 1110 g/mol. The maximum atomic E-state index is 15.2. The highest BCUT2D eigenvalue weighted by atomic mass is 35.5. The summed E-state index contributed by atoms with van der Waals surface area (Å²) in [5.74, 6) is 0.983. The Hall–Kier alpha value is -7.25. The minimum absolute atomic E-state index is 0.207. The van der Waals surface area contributed by atoms with Gasteiger partial charge < -0.3 is 66.7 Å². The van der Waals surface area contributed by atoms with Gasteiger partial charge in [0.05, 0.1) is 104 Å². The first-order valence-electron chi connectivity index (χ1n) is 26.9. The zero-order valence-corrected chi connectivity index (χ0v) is 45.4. The number of rotatable bonds is 6. The molecule has 8 aromatic heterocycles. The number of anilines is 4. The van der Waals surface area contributed by atoms with Crippen LogP contribution in [0, 0.1) is 11.6 Å². The summed E-state index contributed by atoms with van der Waals surface area (Å²) in [4.78, 5) is 42.6. The Bertz CT molecular complexity index is 3890. The summed E-state index contributed by atoms with van der Waals surface area (Å²) in [5, 5.41) is 3.38. The fourth-order valence-corrected chi connectivity index (χ4v) is 10.9. The molecule has 20 nitrogen and oxygen atoms in total. The summed E-state index contributed by atoms with van der Waals surface area (Å²) in [6, 6.07) is 14.1. The number of morpholine rings is 4. The molecule has 5 aliphatic rings. The molecular formula is C56H58BClF2N12O8. The van der Waals surface area contributed by atoms with E-state index in [4.69, 9.17) is 58.7 Å². The van der Waals surface area contributed by atoms with E-state index < -0.39 is 18.3 Å². The number of nitrogens with zero attached hydrogens (tertiary/aromatic N) is 10. The van der Waals surface area contributed by atoms with Crippen molar-refractivity contribution in [2.45, 2.75) is 38.9 Å². The van der Waals surface area contributed by atoms with Crippen LogP contribution in [0.15, 0.2) is 82.2 Å². The van der Waals surface area contributed by atoms with Gasteiger partial charge in [0.25, 0.3) is 0 Å². The van der Waals surface area contributed by atoms with Crippen LogP contribution in [0.3, 0.4) is 0 Å². The van der Waals surface area contributed by atoms with Crippen LogP contribution < -0.4 is 25.1 Å². The van der Waals surface area contributed by atoms with Crippen molar-refractivity contribution in [3.63, 3.8) is 0 Å². The summed E-state index contributed by atoms with van der Waals surface area (Å²) < 4.78 is 75.4. The number of nitrogens with one attached hydrogen (secondary N) is 2.